The van der Waals surface area contributed by atoms with Crippen LogP contribution in [0.2, 0.25) is 0 Å². The molecule has 0 aliphatic heterocycles. The Hall–Kier alpha value is -3.93. The SMILES string of the molecule is COc1ccc(NC(=O)COC(=O)c2ccccc2C(=O)c2ccccc2)cc1. The topological polar surface area (TPSA) is 81.7 Å². The van der Waals surface area contributed by atoms with Crippen molar-refractivity contribution < 1.29 is 23.9 Å². The lowest BCUT2D eigenvalue weighted by Crippen LogP contribution is -2.22. The summed E-state index contributed by atoms with van der Waals surface area (Å²) >= 11 is 0. The Balaban J connectivity index is 1.65. The maximum absolute atomic E-state index is 12.7. The van der Waals surface area contributed by atoms with E-state index in [1.807, 2.05) is 0 Å². The Morgan fingerprint density at radius 2 is 1.41 bits per heavy atom. The van der Waals surface area contributed by atoms with E-state index in [9.17, 15) is 14.4 Å². The summed E-state index contributed by atoms with van der Waals surface area (Å²) in [7, 11) is 1.55. The van der Waals surface area contributed by atoms with Gasteiger partial charge in [0, 0.05) is 16.8 Å². The van der Waals surface area contributed by atoms with Crippen LogP contribution in [0.15, 0.2) is 78.9 Å². The molecule has 0 aromatic heterocycles. The van der Waals surface area contributed by atoms with E-state index in [4.69, 9.17) is 9.47 Å². The third-order valence-corrected chi connectivity index (χ3v) is 4.14. The van der Waals surface area contributed by atoms with Crippen LogP contribution in [0.1, 0.15) is 26.3 Å². The first kappa shape index (κ1) is 19.8. The minimum atomic E-state index is -0.741. The van der Waals surface area contributed by atoms with Crippen LogP contribution >= 0.6 is 0 Å². The van der Waals surface area contributed by atoms with Gasteiger partial charge in [-0.3, -0.25) is 9.59 Å². The van der Waals surface area contributed by atoms with Gasteiger partial charge in [-0.25, -0.2) is 4.79 Å². The molecule has 6 heteroatoms. The predicted octanol–water partition coefficient (Wildman–Crippen LogP) is 3.72. The Kier molecular flexibility index (Phi) is 6.37. The number of methoxy groups -OCH3 is 1. The highest BCUT2D eigenvalue weighted by Gasteiger charge is 2.19. The van der Waals surface area contributed by atoms with Crippen molar-refractivity contribution in [2.24, 2.45) is 0 Å². The number of esters is 1. The second-order valence-electron chi connectivity index (χ2n) is 6.09. The molecule has 3 aromatic rings. The number of hydrogen-bond acceptors (Lipinski definition) is 5. The first-order valence-corrected chi connectivity index (χ1v) is 8.88. The quantitative estimate of drug-likeness (QED) is 0.492. The van der Waals surface area contributed by atoms with Crippen molar-refractivity contribution in [3.63, 3.8) is 0 Å². The van der Waals surface area contributed by atoms with E-state index < -0.39 is 18.5 Å². The standard InChI is InChI=1S/C23H19NO5/c1-28-18-13-11-17(12-14-18)24-21(25)15-29-23(27)20-10-6-5-9-19(20)22(26)16-7-3-2-4-8-16/h2-14H,15H2,1H3,(H,24,25). The number of amides is 1. The summed E-state index contributed by atoms with van der Waals surface area (Å²) in [6.45, 7) is -0.473. The molecule has 0 heterocycles. The molecule has 0 bridgehead atoms. The lowest BCUT2D eigenvalue weighted by Gasteiger charge is -2.10. The fraction of sp³-hybridized carbons (Fsp3) is 0.0870. The molecule has 29 heavy (non-hydrogen) atoms. The highest BCUT2D eigenvalue weighted by Crippen LogP contribution is 2.17. The summed E-state index contributed by atoms with van der Waals surface area (Å²) in [5.74, 6) is -0.861. The number of anilines is 1. The molecule has 0 radical (unpaired) electrons. The van der Waals surface area contributed by atoms with Crippen LogP contribution in [0.25, 0.3) is 0 Å². The summed E-state index contributed by atoms with van der Waals surface area (Å²) in [4.78, 5) is 37.2. The van der Waals surface area contributed by atoms with Gasteiger partial charge < -0.3 is 14.8 Å². The molecule has 0 saturated heterocycles. The van der Waals surface area contributed by atoms with E-state index in [-0.39, 0.29) is 16.9 Å². The van der Waals surface area contributed by atoms with Gasteiger partial charge in [0.25, 0.3) is 5.91 Å². The number of hydrogen-bond donors (Lipinski definition) is 1. The molecular weight excluding hydrogens is 370 g/mol. The van der Waals surface area contributed by atoms with E-state index in [1.54, 1.807) is 79.9 Å². The first-order chi connectivity index (χ1) is 14.1. The van der Waals surface area contributed by atoms with Crippen molar-refractivity contribution in [1.29, 1.82) is 0 Å². The molecule has 0 aliphatic rings. The molecule has 146 valence electrons. The highest BCUT2D eigenvalue weighted by molar-refractivity contribution is 6.14. The van der Waals surface area contributed by atoms with Crippen molar-refractivity contribution >= 4 is 23.3 Å². The lowest BCUT2D eigenvalue weighted by atomic mass is 9.98. The van der Waals surface area contributed by atoms with Gasteiger partial charge >= 0.3 is 5.97 Å². The minimum absolute atomic E-state index is 0.110. The summed E-state index contributed by atoms with van der Waals surface area (Å²) in [6.07, 6.45) is 0. The van der Waals surface area contributed by atoms with Gasteiger partial charge in [0.15, 0.2) is 12.4 Å². The normalized spacial score (nSPS) is 10.1. The number of ketones is 1. The second-order valence-corrected chi connectivity index (χ2v) is 6.09. The van der Waals surface area contributed by atoms with Crippen molar-refractivity contribution in [1.82, 2.24) is 0 Å². The maximum Gasteiger partial charge on any atom is 0.339 e. The lowest BCUT2D eigenvalue weighted by molar-refractivity contribution is -0.119. The monoisotopic (exact) mass is 389 g/mol. The number of benzene rings is 3. The molecule has 3 rings (SSSR count). The zero-order chi connectivity index (χ0) is 20.6. The smallest absolute Gasteiger partial charge is 0.339 e. The Bertz CT molecular complexity index is 1010. The van der Waals surface area contributed by atoms with Crippen molar-refractivity contribution in [2.75, 3.05) is 19.0 Å². The molecule has 6 nitrogen and oxygen atoms in total. The van der Waals surface area contributed by atoms with E-state index in [1.165, 1.54) is 6.07 Å². The summed E-state index contributed by atoms with van der Waals surface area (Å²) in [5, 5.41) is 2.62. The molecule has 3 aromatic carbocycles. The van der Waals surface area contributed by atoms with Gasteiger partial charge in [-0.1, -0.05) is 48.5 Å². The van der Waals surface area contributed by atoms with Crippen LogP contribution in [0.4, 0.5) is 5.69 Å². The van der Waals surface area contributed by atoms with Gasteiger partial charge in [-0.05, 0) is 30.3 Å². The molecule has 1 N–H and O–H groups in total. The van der Waals surface area contributed by atoms with Crippen molar-refractivity contribution in [3.05, 3.63) is 95.6 Å². The fourth-order valence-electron chi connectivity index (χ4n) is 2.68. The second kappa shape index (κ2) is 9.32. The fourth-order valence-corrected chi connectivity index (χ4v) is 2.68. The largest absolute Gasteiger partial charge is 0.497 e. The van der Waals surface area contributed by atoms with Gasteiger partial charge in [0.1, 0.15) is 5.75 Å². The van der Waals surface area contributed by atoms with Gasteiger partial charge in [-0.2, -0.15) is 0 Å². The number of carbonyl (C=O) groups excluding carboxylic acids is 3. The zero-order valence-electron chi connectivity index (χ0n) is 15.8. The number of rotatable bonds is 7. The molecule has 1 amide bonds. The first-order valence-electron chi connectivity index (χ1n) is 8.88. The van der Waals surface area contributed by atoms with Crippen LogP contribution in [0, 0.1) is 0 Å². The maximum atomic E-state index is 12.7. The van der Waals surface area contributed by atoms with Gasteiger partial charge in [0.05, 0.1) is 12.7 Å². The average molecular weight is 389 g/mol. The van der Waals surface area contributed by atoms with Crippen molar-refractivity contribution in [2.45, 2.75) is 0 Å². The molecule has 0 atom stereocenters. The number of ether oxygens (including phenoxy) is 2. The average Bonchev–Trinajstić information content (AvgIpc) is 2.78. The van der Waals surface area contributed by atoms with E-state index in [0.29, 0.717) is 17.0 Å². The summed E-state index contributed by atoms with van der Waals surface area (Å²) in [6, 6.07) is 21.8. The summed E-state index contributed by atoms with van der Waals surface area (Å²) < 4.78 is 10.2. The molecule has 0 fully saturated rings. The molecule has 0 spiro atoms. The molecular formula is C23H19NO5. The number of carbonyl (C=O) groups is 3. The van der Waals surface area contributed by atoms with Crippen LogP contribution in [0.5, 0.6) is 5.75 Å². The number of nitrogens with one attached hydrogen (secondary N) is 1. The molecule has 0 saturated carbocycles. The van der Waals surface area contributed by atoms with Gasteiger partial charge in [0.2, 0.25) is 0 Å². The van der Waals surface area contributed by atoms with E-state index in [0.717, 1.165) is 0 Å². The summed E-state index contributed by atoms with van der Waals surface area (Å²) in [5.41, 5.74) is 1.34. The highest BCUT2D eigenvalue weighted by atomic mass is 16.5. The Morgan fingerprint density at radius 3 is 2.07 bits per heavy atom. The third kappa shape index (κ3) is 5.07. The van der Waals surface area contributed by atoms with Gasteiger partial charge in [-0.15, -0.1) is 0 Å². The van der Waals surface area contributed by atoms with Crippen LogP contribution in [-0.2, 0) is 9.53 Å². The van der Waals surface area contributed by atoms with Crippen LogP contribution in [0.3, 0.4) is 0 Å². The third-order valence-electron chi connectivity index (χ3n) is 4.14. The minimum Gasteiger partial charge on any atom is -0.497 e. The zero-order valence-corrected chi connectivity index (χ0v) is 15.8. The molecule has 0 unspecified atom stereocenters. The Labute approximate surface area is 168 Å². The van der Waals surface area contributed by atoms with E-state index in [2.05, 4.69) is 5.32 Å². The predicted molar refractivity (Wildman–Crippen MR) is 108 cm³/mol. The molecule has 0 aliphatic carbocycles. The van der Waals surface area contributed by atoms with Crippen LogP contribution < -0.4 is 10.1 Å². The van der Waals surface area contributed by atoms with Crippen LogP contribution in [-0.4, -0.2) is 31.4 Å². The Morgan fingerprint density at radius 1 is 0.793 bits per heavy atom. The van der Waals surface area contributed by atoms with Crippen molar-refractivity contribution in [3.8, 4) is 5.75 Å². The van der Waals surface area contributed by atoms with E-state index >= 15 is 0 Å².